The van der Waals surface area contributed by atoms with Gasteiger partial charge in [-0.1, -0.05) is 6.92 Å². The summed E-state index contributed by atoms with van der Waals surface area (Å²) in [6, 6.07) is 2.35. The molecule has 4 nitrogen and oxygen atoms in total. The Bertz CT molecular complexity index is 282. The minimum Gasteiger partial charge on any atom is -0.396 e. The summed E-state index contributed by atoms with van der Waals surface area (Å²) in [6.07, 6.45) is 3.64. The zero-order valence-corrected chi connectivity index (χ0v) is 9.43. The molecule has 0 aliphatic heterocycles. The monoisotopic (exact) mass is 212 g/mol. The second-order valence-electron chi connectivity index (χ2n) is 3.98. The lowest BCUT2D eigenvalue weighted by atomic mass is 10.1. The van der Waals surface area contributed by atoms with Gasteiger partial charge in [0.05, 0.1) is 5.69 Å². The van der Waals surface area contributed by atoms with E-state index in [1.165, 1.54) is 0 Å². The number of aliphatic hydroxyl groups is 2. The molecule has 0 fully saturated rings. The quantitative estimate of drug-likeness (QED) is 0.739. The van der Waals surface area contributed by atoms with E-state index in [9.17, 15) is 0 Å². The van der Waals surface area contributed by atoms with Gasteiger partial charge in [0, 0.05) is 31.4 Å². The molecule has 0 saturated carbocycles. The fourth-order valence-corrected chi connectivity index (χ4v) is 1.40. The van der Waals surface area contributed by atoms with E-state index in [0.717, 1.165) is 12.1 Å². The van der Waals surface area contributed by atoms with E-state index in [1.807, 2.05) is 16.9 Å². The molecule has 1 atom stereocenters. The molecule has 1 heterocycles. The van der Waals surface area contributed by atoms with Crippen molar-refractivity contribution in [3.8, 4) is 0 Å². The minimum atomic E-state index is -0.0923. The Hall–Kier alpha value is -0.870. The molecule has 0 aromatic carbocycles. The molecular formula is C11H20N2O2. The van der Waals surface area contributed by atoms with Crippen molar-refractivity contribution < 1.29 is 10.2 Å². The highest BCUT2D eigenvalue weighted by atomic mass is 16.3. The van der Waals surface area contributed by atoms with Crippen LogP contribution in [0.2, 0.25) is 0 Å². The third-order valence-electron chi connectivity index (χ3n) is 2.72. The Balaban J connectivity index is 2.59. The smallest absolute Gasteiger partial charge is 0.0629 e. The molecule has 0 bridgehead atoms. The molecule has 86 valence electrons. The van der Waals surface area contributed by atoms with Gasteiger partial charge in [-0.3, -0.25) is 4.68 Å². The van der Waals surface area contributed by atoms with Crippen LogP contribution in [0.3, 0.4) is 0 Å². The molecule has 1 rings (SSSR count). The summed E-state index contributed by atoms with van der Waals surface area (Å²) in [5.74, 6) is -0.0923. The summed E-state index contributed by atoms with van der Waals surface area (Å²) in [7, 11) is 0. The lowest BCUT2D eigenvalue weighted by Gasteiger charge is -2.10. The molecule has 0 spiro atoms. The van der Waals surface area contributed by atoms with Gasteiger partial charge in [0.1, 0.15) is 0 Å². The zero-order chi connectivity index (χ0) is 11.3. The van der Waals surface area contributed by atoms with Crippen molar-refractivity contribution in [1.82, 2.24) is 9.78 Å². The molecule has 1 aromatic rings. The molecule has 1 unspecified atom stereocenters. The molecule has 0 saturated heterocycles. The highest BCUT2D eigenvalue weighted by Gasteiger charge is 2.10. The fourth-order valence-electron chi connectivity index (χ4n) is 1.40. The van der Waals surface area contributed by atoms with Crippen LogP contribution in [0.25, 0.3) is 0 Å². The second kappa shape index (κ2) is 5.88. The Labute approximate surface area is 90.5 Å². The van der Waals surface area contributed by atoms with E-state index in [4.69, 9.17) is 10.2 Å². The average Bonchev–Trinajstić information content (AvgIpc) is 2.73. The molecule has 4 heteroatoms. The number of nitrogens with zero attached hydrogens (tertiary/aromatic N) is 2. The van der Waals surface area contributed by atoms with Gasteiger partial charge in [0.15, 0.2) is 0 Å². The molecule has 15 heavy (non-hydrogen) atoms. The van der Waals surface area contributed by atoms with Crippen molar-refractivity contribution >= 4 is 0 Å². The van der Waals surface area contributed by atoms with Gasteiger partial charge in [-0.25, -0.2) is 0 Å². The van der Waals surface area contributed by atoms with Crippen LogP contribution < -0.4 is 0 Å². The lowest BCUT2D eigenvalue weighted by molar-refractivity contribution is 0.149. The molecule has 0 radical (unpaired) electrons. The van der Waals surface area contributed by atoms with Gasteiger partial charge in [-0.05, 0) is 25.8 Å². The third-order valence-corrected chi connectivity index (χ3v) is 2.72. The first-order chi connectivity index (χ1) is 7.21. The summed E-state index contributed by atoms with van der Waals surface area (Å²) in [6.45, 7) is 4.25. The van der Waals surface area contributed by atoms with Crippen LogP contribution in [0.4, 0.5) is 0 Å². The van der Waals surface area contributed by atoms with Crippen molar-refractivity contribution in [2.75, 3.05) is 13.2 Å². The topological polar surface area (TPSA) is 58.3 Å². The maximum Gasteiger partial charge on any atom is 0.0629 e. The van der Waals surface area contributed by atoms with E-state index in [1.54, 1.807) is 0 Å². The van der Waals surface area contributed by atoms with Gasteiger partial charge in [-0.2, -0.15) is 5.10 Å². The highest BCUT2D eigenvalue weighted by molar-refractivity contribution is 5.01. The SMILES string of the molecule is CCC(C)n1ccc(CC(CO)CO)n1. The summed E-state index contributed by atoms with van der Waals surface area (Å²) in [5.41, 5.74) is 0.934. The van der Waals surface area contributed by atoms with Gasteiger partial charge < -0.3 is 10.2 Å². The van der Waals surface area contributed by atoms with Crippen LogP contribution >= 0.6 is 0 Å². The summed E-state index contributed by atoms with van der Waals surface area (Å²) < 4.78 is 1.93. The van der Waals surface area contributed by atoms with Crippen LogP contribution in [0, 0.1) is 5.92 Å². The number of rotatable bonds is 6. The van der Waals surface area contributed by atoms with Gasteiger partial charge in [0.25, 0.3) is 0 Å². The summed E-state index contributed by atoms with van der Waals surface area (Å²) >= 11 is 0. The highest BCUT2D eigenvalue weighted by Crippen LogP contribution is 2.11. The maximum absolute atomic E-state index is 8.95. The largest absolute Gasteiger partial charge is 0.396 e. The van der Waals surface area contributed by atoms with Crippen molar-refractivity contribution in [3.05, 3.63) is 18.0 Å². The lowest BCUT2D eigenvalue weighted by Crippen LogP contribution is -2.15. The second-order valence-corrected chi connectivity index (χ2v) is 3.98. The summed E-state index contributed by atoms with van der Waals surface area (Å²) in [4.78, 5) is 0. The number of aromatic nitrogens is 2. The zero-order valence-electron chi connectivity index (χ0n) is 9.43. The Morgan fingerprint density at radius 1 is 1.40 bits per heavy atom. The van der Waals surface area contributed by atoms with E-state index in [2.05, 4.69) is 18.9 Å². The van der Waals surface area contributed by atoms with Gasteiger partial charge >= 0.3 is 0 Å². The van der Waals surface area contributed by atoms with Crippen molar-refractivity contribution in [3.63, 3.8) is 0 Å². The van der Waals surface area contributed by atoms with Gasteiger partial charge in [-0.15, -0.1) is 0 Å². The van der Waals surface area contributed by atoms with E-state index < -0.39 is 0 Å². The first-order valence-corrected chi connectivity index (χ1v) is 5.47. The minimum absolute atomic E-state index is 0.00664. The first-order valence-electron chi connectivity index (χ1n) is 5.47. The first kappa shape index (κ1) is 12.2. The summed E-state index contributed by atoms with van der Waals surface area (Å²) in [5, 5.41) is 22.3. The number of aliphatic hydroxyl groups excluding tert-OH is 2. The molecule has 0 aliphatic rings. The van der Waals surface area contributed by atoms with Crippen molar-refractivity contribution in [1.29, 1.82) is 0 Å². The normalized spacial score (nSPS) is 13.4. The van der Waals surface area contributed by atoms with Crippen molar-refractivity contribution in [2.45, 2.75) is 32.7 Å². The predicted molar refractivity (Wildman–Crippen MR) is 58.6 cm³/mol. The maximum atomic E-state index is 8.95. The molecule has 0 amide bonds. The van der Waals surface area contributed by atoms with Crippen LogP contribution in [0.15, 0.2) is 12.3 Å². The number of hydrogen-bond donors (Lipinski definition) is 2. The van der Waals surface area contributed by atoms with E-state index in [-0.39, 0.29) is 19.1 Å². The average molecular weight is 212 g/mol. The fraction of sp³-hybridized carbons (Fsp3) is 0.727. The molecule has 0 aliphatic carbocycles. The molecule has 2 N–H and O–H groups in total. The van der Waals surface area contributed by atoms with E-state index >= 15 is 0 Å². The van der Waals surface area contributed by atoms with Gasteiger partial charge in [0.2, 0.25) is 0 Å². The Kier molecular flexibility index (Phi) is 4.78. The standard InChI is InChI=1S/C11H20N2O2/c1-3-9(2)13-5-4-11(12-13)6-10(7-14)8-15/h4-5,9-10,14-15H,3,6-8H2,1-2H3. The Morgan fingerprint density at radius 3 is 2.60 bits per heavy atom. The van der Waals surface area contributed by atoms with Crippen LogP contribution in [0.5, 0.6) is 0 Å². The van der Waals surface area contributed by atoms with Crippen LogP contribution in [0.1, 0.15) is 32.0 Å². The van der Waals surface area contributed by atoms with Crippen molar-refractivity contribution in [2.24, 2.45) is 5.92 Å². The number of hydrogen-bond acceptors (Lipinski definition) is 3. The third kappa shape index (κ3) is 3.32. The van der Waals surface area contributed by atoms with Crippen LogP contribution in [-0.4, -0.2) is 33.2 Å². The van der Waals surface area contributed by atoms with E-state index in [0.29, 0.717) is 12.5 Å². The Morgan fingerprint density at radius 2 is 2.07 bits per heavy atom. The van der Waals surface area contributed by atoms with Crippen LogP contribution in [-0.2, 0) is 6.42 Å². The molecular weight excluding hydrogens is 192 g/mol. The predicted octanol–water partition coefficient (Wildman–Crippen LogP) is 0.997. The molecule has 1 aromatic heterocycles.